The largest absolute Gasteiger partial charge is 0.481 e. The average Bonchev–Trinajstić information content (AvgIpc) is 2.34. The van der Waals surface area contributed by atoms with E-state index < -0.39 is 11.9 Å². The number of carboxylic acids is 1. The summed E-state index contributed by atoms with van der Waals surface area (Å²) >= 11 is 0. The van der Waals surface area contributed by atoms with Gasteiger partial charge in [0.25, 0.3) is 0 Å². The molecule has 5 heteroatoms. The lowest BCUT2D eigenvalue weighted by Gasteiger charge is -2.24. The molecule has 2 amide bonds. The highest BCUT2D eigenvalue weighted by molar-refractivity contribution is 5.76. The zero-order valence-electron chi connectivity index (χ0n) is 11.1. The number of amides is 2. The van der Waals surface area contributed by atoms with Crippen molar-refractivity contribution in [1.82, 2.24) is 10.2 Å². The van der Waals surface area contributed by atoms with Crippen molar-refractivity contribution in [3.8, 4) is 0 Å². The van der Waals surface area contributed by atoms with Gasteiger partial charge < -0.3 is 15.3 Å². The van der Waals surface area contributed by atoms with Crippen LogP contribution >= 0.6 is 0 Å². The molecule has 1 unspecified atom stereocenters. The van der Waals surface area contributed by atoms with Gasteiger partial charge in [-0.05, 0) is 18.8 Å². The van der Waals surface area contributed by atoms with Crippen LogP contribution in [0.25, 0.3) is 0 Å². The minimum atomic E-state index is -0.845. The van der Waals surface area contributed by atoms with Crippen molar-refractivity contribution in [2.24, 2.45) is 11.8 Å². The smallest absolute Gasteiger partial charge is 0.317 e. The molecular formula is C13H22N2O3. The Kier molecular flexibility index (Phi) is 5.68. The number of nitrogens with zero attached hydrogens (tertiary/aromatic N) is 1. The number of carbonyl (C=O) groups excluding carboxylic acids is 1. The molecule has 0 aromatic rings. The standard InChI is InChI=1S/C13H22N2O3/c1-10(2)8-11(12(16)17)9-14-13(18)15-6-4-3-5-7-15/h3-4,10-11H,5-9H2,1-2H3,(H,14,18)(H,16,17). The number of hydrogen-bond acceptors (Lipinski definition) is 2. The molecule has 0 spiro atoms. The maximum absolute atomic E-state index is 11.8. The van der Waals surface area contributed by atoms with E-state index in [-0.39, 0.29) is 12.6 Å². The Bertz CT molecular complexity index is 326. The van der Waals surface area contributed by atoms with E-state index in [0.29, 0.717) is 25.4 Å². The van der Waals surface area contributed by atoms with Crippen LogP contribution in [0.1, 0.15) is 26.7 Å². The second kappa shape index (κ2) is 7.03. The normalized spacial score (nSPS) is 16.7. The van der Waals surface area contributed by atoms with Gasteiger partial charge in [-0.15, -0.1) is 0 Å². The van der Waals surface area contributed by atoms with E-state index in [1.807, 2.05) is 26.0 Å². The van der Waals surface area contributed by atoms with Gasteiger partial charge in [-0.25, -0.2) is 4.79 Å². The van der Waals surface area contributed by atoms with Gasteiger partial charge in [-0.2, -0.15) is 0 Å². The number of rotatable bonds is 5. The maximum Gasteiger partial charge on any atom is 0.317 e. The van der Waals surface area contributed by atoms with Crippen LogP contribution in [0.2, 0.25) is 0 Å². The van der Waals surface area contributed by atoms with Crippen molar-refractivity contribution in [2.45, 2.75) is 26.7 Å². The van der Waals surface area contributed by atoms with E-state index in [2.05, 4.69) is 5.32 Å². The molecular weight excluding hydrogens is 232 g/mol. The first kappa shape index (κ1) is 14.5. The molecule has 2 N–H and O–H groups in total. The SMILES string of the molecule is CC(C)CC(CNC(=O)N1CC=CCC1)C(=O)O. The van der Waals surface area contributed by atoms with Crippen molar-refractivity contribution >= 4 is 12.0 Å². The van der Waals surface area contributed by atoms with Crippen molar-refractivity contribution in [3.63, 3.8) is 0 Å². The summed E-state index contributed by atoms with van der Waals surface area (Å²) in [5.41, 5.74) is 0. The van der Waals surface area contributed by atoms with E-state index >= 15 is 0 Å². The molecule has 0 bridgehead atoms. The van der Waals surface area contributed by atoms with Crippen LogP contribution in [-0.2, 0) is 4.79 Å². The van der Waals surface area contributed by atoms with Crippen LogP contribution in [0, 0.1) is 11.8 Å². The minimum Gasteiger partial charge on any atom is -0.481 e. The molecule has 18 heavy (non-hydrogen) atoms. The zero-order valence-corrected chi connectivity index (χ0v) is 11.1. The van der Waals surface area contributed by atoms with Crippen LogP contribution in [0.5, 0.6) is 0 Å². The van der Waals surface area contributed by atoms with Gasteiger partial charge in [0, 0.05) is 19.6 Å². The zero-order chi connectivity index (χ0) is 13.5. The molecule has 1 aliphatic rings. The summed E-state index contributed by atoms with van der Waals surface area (Å²) in [7, 11) is 0. The van der Waals surface area contributed by atoms with Crippen molar-refractivity contribution in [3.05, 3.63) is 12.2 Å². The quantitative estimate of drug-likeness (QED) is 0.734. The predicted octanol–water partition coefficient (Wildman–Crippen LogP) is 1.70. The summed E-state index contributed by atoms with van der Waals surface area (Å²) in [6.07, 6.45) is 5.44. The number of nitrogens with one attached hydrogen (secondary N) is 1. The van der Waals surface area contributed by atoms with Crippen molar-refractivity contribution in [1.29, 1.82) is 0 Å². The summed E-state index contributed by atoms with van der Waals surface area (Å²) in [5, 5.41) is 11.8. The fraction of sp³-hybridized carbons (Fsp3) is 0.692. The Morgan fingerprint density at radius 1 is 1.39 bits per heavy atom. The second-order valence-electron chi connectivity index (χ2n) is 5.06. The number of carbonyl (C=O) groups is 2. The monoisotopic (exact) mass is 254 g/mol. The second-order valence-corrected chi connectivity index (χ2v) is 5.06. The molecule has 1 heterocycles. The van der Waals surface area contributed by atoms with Gasteiger partial charge >= 0.3 is 12.0 Å². The Morgan fingerprint density at radius 3 is 2.61 bits per heavy atom. The first-order chi connectivity index (χ1) is 8.50. The van der Waals surface area contributed by atoms with Gasteiger partial charge in [0.1, 0.15) is 0 Å². The van der Waals surface area contributed by atoms with Gasteiger partial charge in [-0.3, -0.25) is 4.79 Å². The third kappa shape index (κ3) is 4.77. The van der Waals surface area contributed by atoms with E-state index in [1.54, 1.807) is 4.90 Å². The van der Waals surface area contributed by atoms with Crippen LogP contribution in [0.3, 0.4) is 0 Å². The minimum absolute atomic E-state index is 0.172. The van der Waals surface area contributed by atoms with E-state index in [1.165, 1.54) is 0 Å². The Hall–Kier alpha value is -1.52. The summed E-state index contributed by atoms with van der Waals surface area (Å²) in [4.78, 5) is 24.5. The summed E-state index contributed by atoms with van der Waals surface area (Å²) in [5.74, 6) is -1.04. The van der Waals surface area contributed by atoms with Gasteiger partial charge in [0.05, 0.1) is 5.92 Å². The molecule has 0 saturated heterocycles. The van der Waals surface area contributed by atoms with E-state index in [0.717, 1.165) is 6.42 Å². The predicted molar refractivity (Wildman–Crippen MR) is 69.3 cm³/mol. The van der Waals surface area contributed by atoms with Gasteiger partial charge in [0.15, 0.2) is 0 Å². The molecule has 0 saturated carbocycles. The molecule has 0 radical (unpaired) electrons. The molecule has 0 aromatic heterocycles. The summed E-state index contributed by atoms with van der Waals surface area (Å²) < 4.78 is 0. The van der Waals surface area contributed by atoms with E-state index in [9.17, 15) is 9.59 Å². The Labute approximate surface area is 108 Å². The molecule has 0 aromatic carbocycles. The number of aliphatic carboxylic acids is 1. The lowest BCUT2D eigenvalue weighted by molar-refractivity contribution is -0.142. The number of urea groups is 1. The highest BCUT2D eigenvalue weighted by Gasteiger charge is 2.21. The topological polar surface area (TPSA) is 69.6 Å². The molecule has 1 rings (SSSR count). The van der Waals surface area contributed by atoms with Crippen molar-refractivity contribution in [2.75, 3.05) is 19.6 Å². The fourth-order valence-electron chi connectivity index (χ4n) is 1.99. The molecule has 1 atom stereocenters. The molecule has 102 valence electrons. The first-order valence-corrected chi connectivity index (χ1v) is 6.41. The number of hydrogen-bond donors (Lipinski definition) is 2. The average molecular weight is 254 g/mol. The Morgan fingerprint density at radius 2 is 2.11 bits per heavy atom. The molecule has 0 aliphatic carbocycles. The van der Waals surface area contributed by atoms with Crippen LogP contribution in [0.4, 0.5) is 4.79 Å². The third-order valence-corrected chi connectivity index (χ3v) is 2.95. The Balaban J connectivity index is 2.39. The van der Waals surface area contributed by atoms with E-state index in [4.69, 9.17) is 5.11 Å². The fourth-order valence-corrected chi connectivity index (χ4v) is 1.99. The first-order valence-electron chi connectivity index (χ1n) is 6.41. The molecule has 5 nitrogen and oxygen atoms in total. The van der Waals surface area contributed by atoms with Crippen LogP contribution in [0.15, 0.2) is 12.2 Å². The molecule has 1 aliphatic heterocycles. The summed E-state index contributed by atoms with van der Waals surface area (Å²) in [6.45, 7) is 5.46. The molecule has 0 fully saturated rings. The maximum atomic E-state index is 11.8. The summed E-state index contributed by atoms with van der Waals surface area (Å²) in [6, 6.07) is -0.172. The van der Waals surface area contributed by atoms with Gasteiger partial charge in [0.2, 0.25) is 0 Å². The van der Waals surface area contributed by atoms with Crippen molar-refractivity contribution < 1.29 is 14.7 Å². The lowest BCUT2D eigenvalue weighted by atomic mass is 9.97. The highest BCUT2D eigenvalue weighted by Crippen LogP contribution is 2.11. The third-order valence-electron chi connectivity index (χ3n) is 2.95. The lowest BCUT2D eigenvalue weighted by Crippen LogP contribution is -2.44. The number of carboxylic acid groups (broad SMARTS) is 1. The van der Waals surface area contributed by atoms with Gasteiger partial charge in [-0.1, -0.05) is 26.0 Å². The van der Waals surface area contributed by atoms with Crippen LogP contribution in [-0.4, -0.2) is 41.6 Å². The highest BCUT2D eigenvalue weighted by atomic mass is 16.4. The van der Waals surface area contributed by atoms with Crippen LogP contribution < -0.4 is 5.32 Å².